The molecule has 1 atom stereocenters. The summed E-state index contributed by atoms with van der Waals surface area (Å²) in [5, 5.41) is 0. The van der Waals surface area contributed by atoms with Crippen molar-refractivity contribution in [3.8, 4) is 0 Å². The average Bonchev–Trinajstić information content (AvgIpc) is 2.33. The summed E-state index contributed by atoms with van der Waals surface area (Å²) in [5.41, 5.74) is 7.27. The molecule has 5 nitrogen and oxygen atoms in total. The molecule has 0 spiro atoms. The van der Waals surface area contributed by atoms with Crippen molar-refractivity contribution in [3.63, 3.8) is 0 Å². The minimum Gasteiger partial charge on any atom is -0.379 e. The van der Waals surface area contributed by atoms with Gasteiger partial charge in [0.1, 0.15) is 6.04 Å². The van der Waals surface area contributed by atoms with Crippen molar-refractivity contribution in [2.45, 2.75) is 13.0 Å². The van der Waals surface area contributed by atoms with Crippen LogP contribution in [0.5, 0.6) is 0 Å². The molecule has 17 heavy (non-hydrogen) atoms. The van der Waals surface area contributed by atoms with Crippen molar-refractivity contribution in [3.05, 3.63) is 29.6 Å². The Morgan fingerprint density at radius 3 is 2.71 bits per heavy atom. The molecular weight excluding hydrogens is 218 g/mol. The second-order valence-corrected chi connectivity index (χ2v) is 4.19. The molecule has 92 valence electrons. The Hall–Kier alpha value is -1.46. The zero-order chi connectivity index (χ0) is 12.3. The molecule has 0 saturated carbocycles. The van der Waals surface area contributed by atoms with Gasteiger partial charge in [0.05, 0.1) is 13.2 Å². The van der Waals surface area contributed by atoms with Gasteiger partial charge in [0.25, 0.3) is 0 Å². The van der Waals surface area contributed by atoms with Crippen LogP contribution in [0.2, 0.25) is 0 Å². The zero-order valence-electron chi connectivity index (χ0n) is 9.93. The number of nitrogens with zero attached hydrogens (tertiary/aromatic N) is 2. The number of hydrogen-bond donors (Lipinski definition) is 1. The highest BCUT2D eigenvalue weighted by Gasteiger charge is 2.27. The van der Waals surface area contributed by atoms with Gasteiger partial charge in [-0.15, -0.1) is 0 Å². The van der Waals surface area contributed by atoms with E-state index in [1.165, 1.54) is 0 Å². The molecule has 0 aromatic carbocycles. The zero-order valence-corrected chi connectivity index (χ0v) is 9.93. The minimum atomic E-state index is -0.396. The van der Waals surface area contributed by atoms with Crippen molar-refractivity contribution in [1.29, 1.82) is 0 Å². The van der Waals surface area contributed by atoms with E-state index in [1.54, 1.807) is 6.20 Å². The molecule has 1 aromatic rings. The molecule has 2 heterocycles. The van der Waals surface area contributed by atoms with Gasteiger partial charge < -0.3 is 10.5 Å². The fraction of sp³-hybridized carbons (Fsp3) is 0.500. The number of aromatic nitrogens is 1. The van der Waals surface area contributed by atoms with Crippen LogP contribution in [-0.4, -0.2) is 42.1 Å². The Morgan fingerprint density at radius 2 is 2.18 bits per heavy atom. The van der Waals surface area contributed by atoms with Crippen LogP contribution in [-0.2, 0) is 9.53 Å². The van der Waals surface area contributed by atoms with Crippen LogP contribution in [0.4, 0.5) is 0 Å². The standard InChI is InChI=1S/C12H17N3O2/c1-9-2-3-10(8-14-9)11(12(13)16)15-4-6-17-7-5-15/h2-3,8,11H,4-7H2,1H3,(H2,13,16). The largest absolute Gasteiger partial charge is 0.379 e. The molecule has 0 bridgehead atoms. The number of carbonyl (C=O) groups excluding carboxylic acids is 1. The third-order valence-electron chi connectivity index (χ3n) is 2.93. The highest BCUT2D eigenvalue weighted by molar-refractivity contribution is 5.81. The SMILES string of the molecule is Cc1ccc(C(C(N)=O)N2CCOCC2)cn1. The molecule has 1 aliphatic heterocycles. The number of hydrogen-bond acceptors (Lipinski definition) is 4. The van der Waals surface area contributed by atoms with Crippen molar-refractivity contribution in [1.82, 2.24) is 9.88 Å². The second kappa shape index (κ2) is 5.25. The van der Waals surface area contributed by atoms with E-state index < -0.39 is 6.04 Å². The van der Waals surface area contributed by atoms with Crippen LogP contribution in [0.15, 0.2) is 18.3 Å². The Balaban J connectivity index is 2.21. The van der Waals surface area contributed by atoms with Gasteiger partial charge in [0, 0.05) is 25.0 Å². The van der Waals surface area contributed by atoms with E-state index in [9.17, 15) is 4.79 Å². The molecule has 0 aliphatic carbocycles. The van der Waals surface area contributed by atoms with E-state index in [2.05, 4.69) is 4.98 Å². The second-order valence-electron chi connectivity index (χ2n) is 4.19. The fourth-order valence-corrected chi connectivity index (χ4v) is 2.03. The van der Waals surface area contributed by atoms with Gasteiger partial charge in [0.2, 0.25) is 5.91 Å². The maximum Gasteiger partial charge on any atom is 0.239 e. The maximum atomic E-state index is 11.6. The molecule has 1 saturated heterocycles. The predicted molar refractivity (Wildman–Crippen MR) is 63.3 cm³/mol. The summed E-state index contributed by atoms with van der Waals surface area (Å²) < 4.78 is 5.28. The van der Waals surface area contributed by atoms with Crippen LogP contribution >= 0.6 is 0 Å². The topological polar surface area (TPSA) is 68.5 Å². The first-order valence-electron chi connectivity index (χ1n) is 5.72. The van der Waals surface area contributed by atoms with Crippen molar-refractivity contribution >= 4 is 5.91 Å². The van der Waals surface area contributed by atoms with Crippen molar-refractivity contribution in [2.24, 2.45) is 5.73 Å². The summed E-state index contributed by atoms with van der Waals surface area (Å²) in [6.45, 7) is 4.65. The number of aryl methyl sites for hydroxylation is 1. The summed E-state index contributed by atoms with van der Waals surface area (Å²) in [6, 6.07) is 3.41. The van der Waals surface area contributed by atoms with E-state index in [0.29, 0.717) is 13.2 Å². The lowest BCUT2D eigenvalue weighted by Crippen LogP contribution is -2.44. The number of carbonyl (C=O) groups is 1. The van der Waals surface area contributed by atoms with E-state index in [-0.39, 0.29) is 5.91 Å². The van der Waals surface area contributed by atoms with Gasteiger partial charge >= 0.3 is 0 Å². The number of rotatable bonds is 3. The Labute approximate surface area is 101 Å². The summed E-state index contributed by atoms with van der Waals surface area (Å²) in [6.07, 6.45) is 1.72. The Kier molecular flexibility index (Phi) is 3.71. The van der Waals surface area contributed by atoms with E-state index in [0.717, 1.165) is 24.3 Å². The number of ether oxygens (including phenoxy) is 1. The molecule has 2 N–H and O–H groups in total. The third kappa shape index (κ3) is 2.81. The highest BCUT2D eigenvalue weighted by atomic mass is 16.5. The summed E-state index contributed by atoms with van der Waals surface area (Å²) in [7, 11) is 0. The van der Waals surface area contributed by atoms with Gasteiger partial charge in [-0.05, 0) is 18.6 Å². The number of pyridine rings is 1. The van der Waals surface area contributed by atoms with Crippen LogP contribution in [0.1, 0.15) is 17.3 Å². The van der Waals surface area contributed by atoms with Gasteiger partial charge in [0.15, 0.2) is 0 Å². The molecule has 5 heteroatoms. The van der Waals surface area contributed by atoms with Crippen LogP contribution in [0.3, 0.4) is 0 Å². The predicted octanol–water partition coefficient (Wildman–Crippen LogP) is 0.249. The summed E-state index contributed by atoms with van der Waals surface area (Å²) in [5.74, 6) is -0.336. The molecule has 2 rings (SSSR count). The maximum absolute atomic E-state index is 11.6. The quantitative estimate of drug-likeness (QED) is 0.815. The smallest absolute Gasteiger partial charge is 0.239 e. The monoisotopic (exact) mass is 235 g/mol. The summed E-state index contributed by atoms with van der Waals surface area (Å²) in [4.78, 5) is 17.8. The van der Waals surface area contributed by atoms with Gasteiger partial charge in [-0.3, -0.25) is 14.7 Å². The molecule has 1 unspecified atom stereocenters. The van der Waals surface area contributed by atoms with Gasteiger partial charge in [-0.2, -0.15) is 0 Å². The lowest BCUT2D eigenvalue weighted by atomic mass is 10.1. The number of nitrogens with two attached hydrogens (primary N) is 1. The van der Waals surface area contributed by atoms with Gasteiger partial charge in [-0.25, -0.2) is 0 Å². The molecule has 1 fully saturated rings. The fourth-order valence-electron chi connectivity index (χ4n) is 2.03. The number of amides is 1. The minimum absolute atomic E-state index is 0.336. The molecule has 1 aliphatic rings. The Morgan fingerprint density at radius 1 is 1.47 bits per heavy atom. The highest BCUT2D eigenvalue weighted by Crippen LogP contribution is 2.20. The lowest BCUT2D eigenvalue weighted by Gasteiger charge is -2.32. The van der Waals surface area contributed by atoms with E-state index >= 15 is 0 Å². The van der Waals surface area contributed by atoms with Crippen LogP contribution in [0.25, 0.3) is 0 Å². The summed E-state index contributed by atoms with van der Waals surface area (Å²) >= 11 is 0. The van der Waals surface area contributed by atoms with Crippen LogP contribution in [0, 0.1) is 6.92 Å². The van der Waals surface area contributed by atoms with E-state index in [1.807, 2.05) is 24.0 Å². The number of morpholine rings is 1. The van der Waals surface area contributed by atoms with E-state index in [4.69, 9.17) is 10.5 Å². The first-order chi connectivity index (χ1) is 8.18. The molecular formula is C12H17N3O2. The first kappa shape index (κ1) is 12.0. The van der Waals surface area contributed by atoms with Gasteiger partial charge in [-0.1, -0.05) is 6.07 Å². The molecule has 1 amide bonds. The lowest BCUT2D eigenvalue weighted by molar-refractivity contribution is -0.125. The molecule has 0 radical (unpaired) electrons. The number of primary amides is 1. The average molecular weight is 235 g/mol. The van der Waals surface area contributed by atoms with Crippen molar-refractivity contribution in [2.75, 3.05) is 26.3 Å². The molecule has 1 aromatic heterocycles. The Bertz CT molecular complexity index is 385. The third-order valence-corrected chi connectivity index (χ3v) is 2.93. The first-order valence-corrected chi connectivity index (χ1v) is 5.72. The van der Waals surface area contributed by atoms with Crippen molar-refractivity contribution < 1.29 is 9.53 Å². The normalized spacial score (nSPS) is 18.9. The van der Waals surface area contributed by atoms with Crippen LogP contribution < -0.4 is 5.73 Å².